The molecule has 0 aromatic heterocycles. The number of hydrogen-bond acceptors (Lipinski definition) is 1. The van der Waals surface area contributed by atoms with Crippen LogP contribution in [0.1, 0.15) is 91.2 Å². The molecule has 1 heteroatoms. The first kappa shape index (κ1) is 42.6. The van der Waals surface area contributed by atoms with Crippen LogP contribution in [0.4, 0.5) is 17.1 Å². The lowest BCUT2D eigenvalue weighted by atomic mass is 9.67. The van der Waals surface area contributed by atoms with Gasteiger partial charge >= 0.3 is 0 Å². The van der Waals surface area contributed by atoms with Gasteiger partial charge in [-0.3, -0.25) is 0 Å². The third-order valence-corrected chi connectivity index (χ3v) is 15.3. The van der Waals surface area contributed by atoms with Gasteiger partial charge in [-0.25, -0.2) is 0 Å². The Balaban J connectivity index is 1.03. The molecule has 2 aliphatic rings. The minimum Gasteiger partial charge on any atom is -0.310 e. The zero-order valence-electron chi connectivity index (χ0n) is 39.7. The fraction of sp³-hybridized carbons (Fsp3) is 0.147. The average Bonchev–Trinajstić information content (AvgIpc) is 3.72. The summed E-state index contributed by atoms with van der Waals surface area (Å²) in [5.41, 5.74) is 20.9. The highest BCUT2D eigenvalue weighted by atomic mass is 15.1. The van der Waals surface area contributed by atoms with Crippen molar-refractivity contribution in [1.29, 1.82) is 0 Å². The van der Waals surface area contributed by atoms with Gasteiger partial charge in [0.15, 0.2) is 0 Å². The summed E-state index contributed by atoms with van der Waals surface area (Å²) in [6, 6.07) is 88.8. The molecule has 0 amide bonds. The number of anilines is 3. The molecule has 0 unspecified atom stereocenters. The van der Waals surface area contributed by atoms with Gasteiger partial charge in [-0.15, -0.1) is 0 Å². The summed E-state index contributed by atoms with van der Waals surface area (Å²) in [6.07, 6.45) is 6.70. The quantitative estimate of drug-likeness (QED) is 0.132. The van der Waals surface area contributed by atoms with Gasteiger partial charge < -0.3 is 4.90 Å². The van der Waals surface area contributed by atoms with Crippen molar-refractivity contribution in [3.8, 4) is 44.5 Å². The maximum absolute atomic E-state index is 2.50. The lowest BCUT2D eigenvalue weighted by molar-refractivity contribution is 0.443. The van der Waals surface area contributed by atoms with E-state index in [1.165, 1.54) is 121 Å². The molecule has 0 atom stereocenters. The maximum atomic E-state index is 2.50. The predicted octanol–water partition coefficient (Wildman–Crippen LogP) is 18.8. The first-order valence-electron chi connectivity index (χ1n) is 25.1. The Hall–Kier alpha value is -7.74. The molecular formula is C68H57N. The molecular weight excluding hydrogens is 831 g/mol. The van der Waals surface area contributed by atoms with E-state index in [0.717, 1.165) is 17.1 Å². The number of hydrogen-bond donors (Lipinski definition) is 0. The van der Waals surface area contributed by atoms with E-state index in [0.29, 0.717) is 11.8 Å². The maximum Gasteiger partial charge on any atom is 0.0714 e. The van der Waals surface area contributed by atoms with Crippen molar-refractivity contribution >= 4 is 27.8 Å². The third kappa shape index (κ3) is 7.49. The monoisotopic (exact) mass is 887 g/mol. The van der Waals surface area contributed by atoms with Crippen LogP contribution in [0.5, 0.6) is 0 Å². The predicted molar refractivity (Wildman–Crippen MR) is 292 cm³/mol. The summed E-state index contributed by atoms with van der Waals surface area (Å²) in [5.74, 6) is 1.05. The molecule has 1 nitrogen and oxygen atoms in total. The fourth-order valence-corrected chi connectivity index (χ4v) is 12.0. The number of fused-ring (bicyclic) bond motifs is 4. The normalized spacial score (nSPS) is 14.1. The van der Waals surface area contributed by atoms with Crippen LogP contribution in [-0.4, -0.2) is 0 Å². The zero-order valence-corrected chi connectivity index (χ0v) is 39.7. The second-order valence-corrected chi connectivity index (χ2v) is 19.6. The van der Waals surface area contributed by atoms with Crippen LogP contribution in [-0.2, 0) is 5.41 Å². The highest BCUT2D eigenvalue weighted by molar-refractivity contribution is 6.04. The van der Waals surface area contributed by atoms with E-state index in [1.54, 1.807) is 0 Å². The van der Waals surface area contributed by atoms with Crippen LogP contribution >= 0.6 is 0 Å². The summed E-state index contributed by atoms with van der Waals surface area (Å²) >= 11 is 0. The van der Waals surface area contributed by atoms with Gasteiger partial charge in [0, 0.05) is 17.1 Å². The Morgan fingerprint density at radius 3 is 1.59 bits per heavy atom. The van der Waals surface area contributed by atoms with Crippen molar-refractivity contribution in [3.63, 3.8) is 0 Å². The molecule has 0 bridgehead atoms. The second kappa shape index (κ2) is 18.1. The molecule has 12 rings (SSSR count). The van der Waals surface area contributed by atoms with E-state index < -0.39 is 5.41 Å². The van der Waals surface area contributed by atoms with Crippen LogP contribution in [0.25, 0.3) is 55.3 Å². The first-order valence-corrected chi connectivity index (χ1v) is 25.1. The largest absolute Gasteiger partial charge is 0.310 e. The van der Waals surface area contributed by atoms with Gasteiger partial charge in [-0.05, 0) is 150 Å². The van der Waals surface area contributed by atoms with Crippen molar-refractivity contribution < 1.29 is 0 Å². The molecule has 2 aliphatic carbocycles. The molecule has 69 heavy (non-hydrogen) atoms. The highest BCUT2D eigenvalue weighted by Gasteiger charge is 2.47. The summed E-state index contributed by atoms with van der Waals surface area (Å²) in [4.78, 5) is 2.46. The molecule has 0 N–H and O–H groups in total. The van der Waals surface area contributed by atoms with Crippen molar-refractivity contribution in [2.45, 2.75) is 63.2 Å². The van der Waals surface area contributed by atoms with Gasteiger partial charge in [0.25, 0.3) is 0 Å². The summed E-state index contributed by atoms with van der Waals surface area (Å²) < 4.78 is 0. The van der Waals surface area contributed by atoms with Crippen LogP contribution in [0.2, 0.25) is 0 Å². The Morgan fingerprint density at radius 1 is 0.406 bits per heavy atom. The molecule has 1 fully saturated rings. The van der Waals surface area contributed by atoms with E-state index in [2.05, 4.69) is 255 Å². The molecule has 10 aromatic rings. The van der Waals surface area contributed by atoms with Gasteiger partial charge in [0.1, 0.15) is 0 Å². The molecule has 0 radical (unpaired) electrons. The Labute approximate surface area is 408 Å². The molecule has 0 saturated heterocycles. The van der Waals surface area contributed by atoms with Crippen LogP contribution in [0.3, 0.4) is 0 Å². The van der Waals surface area contributed by atoms with Crippen molar-refractivity contribution in [2.75, 3.05) is 4.90 Å². The smallest absolute Gasteiger partial charge is 0.0714 e. The SMILES string of the molecule is CC(C)c1cccc2c1-c1ccc(N(c3ccc(-c4ccc(C5CCCCC5)cc4)cc3)c3ccc(-c4ccc5ccccc5c4-c4ccccc4)cc3)cc1C2(c1ccccc1)c1ccccc1. The molecule has 10 aromatic carbocycles. The van der Waals surface area contributed by atoms with E-state index in [1.807, 2.05) is 0 Å². The molecule has 0 heterocycles. The van der Waals surface area contributed by atoms with E-state index in [-0.39, 0.29) is 0 Å². The van der Waals surface area contributed by atoms with Crippen LogP contribution in [0.15, 0.2) is 237 Å². The Bertz CT molecular complexity index is 3360. The van der Waals surface area contributed by atoms with Gasteiger partial charge in [-0.1, -0.05) is 233 Å². The minimum atomic E-state index is -0.527. The highest BCUT2D eigenvalue weighted by Crippen LogP contribution is 2.59. The zero-order chi connectivity index (χ0) is 46.3. The summed E-state index contributed by atoms with van der Waals surface area (Å²) in [5, 5.41) is 2.50. The topological polar surface area (TPSA) is 3.24 Å². The Morgan fingerprint density at radius 2 is 0.957 bits per heavy atom. The van der Waals surface area contributed by atoms with E-state index in [4.69, 9.17) is 0 Å². The molecule has 334 valence electrons. The fourth-order valence-electron chi connectivity index (χ4n) is 12.0. The second-order valence-electron chi connectivity index (χ2n) is 19.6. The van der Waals surface area contributed by atoms with Crippen molar-refractivity contribution in [1.82, 2.24) is 0 Å². The molecule has 0 spiro atoms. The van der Waals surface area contributed by atoms with Gasteiger partial charge in [0.2, 0.25) is 0 Å². The third-order valence-electron chi connectivity index (χ3n) is 15.3. The van der Waals surface area contributed by atoms with E-state index >= 15 is 0 Å². The first-order chi connectivity index (χ1) is 34.1. The van der Waals surface area contributed by atoms with Crippen LogP contribution in [0, 0.1) is 0 Å². The summed E-state index contributed by atoms with van der Waals surface area (Å²) in [7, 11) is 0. The Kier molecular flexibility index (Phi) is 11.1. The molecule has 0 aliphatic heterocycles. The summed E-state index contributed by atoms with van der Waals surface area (Å²) in [6.45, 7) is 4.66. The number of nitrogens with zero attached hydrogens (tertiary/aromatic N) is 1. The lowest BCUT2D eigenvalue weighted by Crippen LogP contribution is -2.28. The average molecular weight is 888 g/mol. The van der Waals surface area contributed by atoms with Gasteiger partial charge in [0.05, 0.1) is 5.41 Å². The minimum absolute atomic E-state index is 0.358. The standard InChI is InChI=1S/C68H57N/c1-47(2)60-28-17-29-64-67(60)63-45-43-59(46-65(63)68(64,55-23-11-5-12-24-55)56-25-13-6-14-26-56)69(57-39-34-51(35-40-57)50-32-30-49(31-33-50)48-18-7-3-8-19-48)58-41-36-53(37-42-58)62-44-38-52-20-15-16-27-61(52)66(62)54-21-9-4-10-22-54/h4-6,9-17,20-48H,3,7-8,18-19H2,1-2H3. The van der Waals surface area contributed by atoms with Crippen LogP contribution < -0.4 is 4.90 Å². The van der Waals surface area contributed by atoms with Crippen molar-refractivity contribution in [3.05, 3.63) is 270 Å². The van der Waals surface area contributed by atoms with Crippen molar-refractivity contribution in [2.24, 2.45) is 0 Å². The molecule has 1 saturated carbocycles. The number of benzene rings is 10. The lowest BCUT2D eigenvalue weighted by Gasteiger charge is -2.35. The van der Waals surface area contributed by atoms with E-state index in [9.17, 15) is 0 Å². The number of rotatable bonds is 10. The van der Waals surface area contributed by atoms with Gasteiger partial charge in [-0.2, -0.15) is 0 Å².